The maximum Gasteiger partial charge on any atom is 0.218 e. The van der Waals surface area contributed by atoms with Gasteiger partial charge in [-0.05, 0) is 24.6 Å². The van der Waals surface area contributed by atoms with E-state index >= 15 is 0 Å². The summed E-state index contributed by atoms with van der Waals surface area (Å²) < 4.78 is 36.7. The molecule has 0 aliphatic carbocycles. The maximum atomic E-state index is 12.6. The highest BCUT2D eigenvalue weighted by molar-refractivity contribution is 7.88. The molecule has 1 aromatic carbocycles. The Morgan fingerprint density at radius 3 is 2.33 bits per heavy atom. The Morgan fingerprint density at radius 2 is 1.81 bits per heavy atom. The Morgan fingerprint density at radius 1 is 1.19 bits per heavy atom. The SMILES string of the molecule is COCCN(C(C)COC)S(=O)(=O)Cc1ccc(N)cc1. The zero-order valence-electron chi connectivity index (χ0n) is 12.8. The van der Waals surface area contributed by atoms with E-state index in [1.807, 2.05) is 6.92 Å². The molecule has 0 aliphatic heterocycles. The van der Waals surface area contributed by atoms with Crippen molar-refractivity contribution in [1.29, 1.82) is 0 Å². The number of nitrogens with two attached hydrogens (primary N) is 1. The molecule has 1 rings (SSSR count). The minimum absolute atomic E-state index is 0.0644. The highest BCUT2D eigenvalue weighted by Gasteiger charge is 2.27. The van der Waals surface area contributed by atoms with E-state index < -0.39 is 10.0 Å². The van der Waals surface area contributed by atoms with Crippen LogP contribution in [0.3, 0.4) is 0 Å². The van der Waals surface area contributed by atoms with E-state index in [9.17, 15) is 8.42 Å². The summed E-state index contributed by atoms with van der Waals surface area (Å²) >= 11 is 0. The number of anilines is 1. The number of sulfonamides is 1. The monoisotopic (exact) mass is 316 g/mol. The molecule has 0 aliphatic rings. The average Bonchev–Trinajstić information content (AvgIpc) is 2.41. The molecule has 0 heterocycles. The molecular weight excluding hydrogens is 292 g/mol. The molecule has 0 radical (unpaired) electrons. The predicted molar refractivity (Wildman–Crippen MR) is 83.4 cm³/mol. The fourth-order valence-electron chi connectivity index (χ4n) is 2.05. The van der Waals surface area contributed by atoms with Crippen LogP contribution in [0, 0.1) is 0 Å². The molecule has 0 saturated heterocycles. The number of benzene rings is 1. The van der Waals surface area contributed by atoms with Crippen LogP contribution in [0.15, 0.2) is 24.3 Å². The summed E-state index contributed by atoms with van der Waals surface area (Å²) in [7, 11) is -0.349. The quantitative estimate of drug-likeness (QED) is 0.690. The number of hydrogen-bond donors (Lipinski definition) is 1. The first-order valence-corrected chi connectivity index (χ1v) is 8.33. The average molecular weight is 316 g/mol. The molecule has 7 heteroatoms. The molecular formula is C14H24N2O4S. The molecule has 0 bridgehead atoms. The summed E-state index contributed by atoms with van der Waals surface area (Å²) in [6.45, 7) is 2.80. The van der Waals surface area contributed by atoms with Crippen molar-refractivity contribution < 1.29 is 17.9 Å². The Kier molecular flexibility index (Phi) is 7.10. The van der Waals surface area contributed by atoms with Crippen LogP contribution < -0.4 is 5.73 Å². The van der Waals surface area contributed by atoms with E-state index in [-0.39, 0.29) is 11.8 Å². The minimum Gasteiger partial charge on any atom is -0.399 e. The number of methoxy groups -OCH3 is 2. The fraction of sp³-hybridized carbons (Fsp3) is 0.571. The topological polar surface area (TPSA) is 81.9 Å². The third-order valence-electron chi connectivity index (χ3n) is 3.10. The molecule has 2 N–H and O–H groups in total. The minimum atomic E-state index is -3.45. The first-order chi connectivity index (χ1) is 9.90. The largest absolute Gasteiger partial charge is 0.399 e. The van der Waals surface area contributed by atoms with Crippen molar-refractivity contribution >= 4 is 15.7 Å². The summed E-state index contributed by atoms with van der Waals surface area (Å²) in [5, 5.41) is 0. The Hall–Kier alpha value is -1.15. The molecule has 0 saturated carbocycles. The fourth-order valence-corrected chi connectivity index (χ4v) is 3.79. The van der Waals surface area contributed by atoms with Crippen molar-refractivity contribution in [1.82, 2.24) is 4.31 Å². The van der Waals surface area contributed by atoms with Gasteiger partial charge in [0.15, 0.2) is 0 Å². The van der Waals surface area contributed by atoms with Crippen LogP contribution >= 0.6 is 0 Å². The van der Waals surface area contributed by atoms with Gasteiger partial charge in [0.05, 0.1) is 19.0 Å². The maximum absolute atomic E-state index is 12.6. The second kappa shape index (κ2) is 8.33. The van der Waals surface area contributed by atoms with E-state index in [1.54, 1.807) is 38.5 Å². The van der Waals surface area contributed by atoms with Crippen molar-refractivity contribution in [3.05, 3.63) is 29.8 Å². The smallest absolute Gasteiger partial charge is 0.218 e. The third kappa shape index (κ3) is 5.62. The van der Waals surface area contributed by atoms with Gasteiger partial charge in [-0.3, -0.25) is 0 Å². The van der Waals surface area contributed by atoms with Gasteiger partial charge in [0.2, 0.25) is 10.0 Å². The van der Waals surface area contributed by atoms with Crippen LogP contribution in [-0.2, 0) is 25.2 Å². The number of nitrogens with zero attached hydrogens (tertiary/aromatic N) is 1. The van der Waals surface area contributed by atoms with E-state index in [0.29, 0.717) is 31.0 Å². The van der Waals surface area contributed by atoms with Gasteiger partial charge in [-0.1, -0.05) is 12.1 Å². The van der Waals surface area contributed by atoms with Crippen LogP contribution in [-0.4, -0.2) is 52.7 Å². The van der Waals surface area contributed by atoms with Gasteiger partial charge in [0, 0.05) is 32.5 Å². The lowest BCUT2D eigenvalue weighted by Gasteiger charge is -2.27. The van der Waals surface area contributed by atoms with Gasteiger partial charge < -0.3 is 15.2 Å². The van der Waals surface area contributed by atoms with Crippen LogP contribution in [0.4, 0.5) is 5.69 Å². The van der Waals surface area contributed by atoms with Crippen LogP contribution in [0.25, 0.3) is 0 Å². The zero-order valence-corrected chi connectivity index (χ0v) is 13.6. The number of nitrogen functional groups attached to an aromatic ring is 1. The lowest BCUT2D eigenvalue weighted by molar-refractivity contribution is 0.119. The highest BCUT2D eigenvalue weighted by atomic mass is 32.2. The standard InChI is InChI=1S/C14H24N2O4S/c1-12(10-20-3)16(8-9-19-2)21(17,18)11-13-4-6-14(15)7-5-13/h4-7,12H,8-11,15H2,1-3H3. The van der Waals surface area contributed by atoms with Crippen LogP contribution in [0.5, 0.6) is 0 Å². The molecule has 6 nitrogen and oxygen atoms in total. The summed E-state index contributed by atoms with van der Waals surface area (Å²) in [5.41, 5.74) is 6.93. The van der Waals surface area contributed by atoms with Gasteiger partial charge in [0.25, 0.3) is 0 Å². The van der Waals surface area contributed by atoms with Gasteiger partial charge in [-0.25, -0.2) is 8.42 Å². The number of hydrogen-bond acceptors (Lipinski definition) is 5. The first-order valence-electron chi connectivity index (χ1n) is 6.72. The molecule has 1 atom stereocenters. The molecule has 0 aromatic heterocycles. The normalized spacial score (nSPS) is 13.5. The van der Waals surface area contributed by atoms with Gasteiger partial charge in [0.1, 0.15) is 0 Å². The Balaban J connectivity index is 2.89. The summed E-state index contributed by atoms with van der Waals surface area (Å²) in [5.74, 6) is -0.0644. The van der Waals surface area contributed by atoms with E-state index in [0.717, 1.165) is 0 Å². The van der Waals surface area contributed by atoms with Crippen LogP contribution in [0.1, 0.15) is 12.5 Å². The van der Waals surface area contributed by atoms with Crippen molar-refractivity contribution in [3.8, 4) is 0 Å². The molecule has 21 heavy (non-hydrogen) atoms. The lowest BCUT2D eigenvalue weighted by Crippen LogP contribution is -2.43. The molecule has 0 amide bonds. The third-order valence-corrected chi connectivity index (χ3v) is 5.06. The summed E-state index contributed by atoms with van der Waals surface area (Å²) in [6, 6.07) is 6.60. The van der Waals surface area contributed by atoms with E-state index in [2.05, 4.69) is 0 Å². The van der Waals surface area contributed by atoms with Crippen molar-refractivity contribution in [2.24, 2.45) is 0 Å². The number of rotatable bonds is 9. The number of ether oxygens (including phenoxy) is 2. The van der Waals surface area contributed by atoms with E-state index in [4.69, 9.17) is 15.2 Å². The molecule has 1 unspecified atom stereocenters. The first kappa shape index (κ1) is 17.9. The van der Waals surface area contributed by atoms with Crippen molar-refractivity contribution in [3.63, 3.8) is 0 Å². The molecule has 1 aromatic rings. The van der Waals surface area contributed by atoms with Crippen molar-refractivity contribution in [2.45, 2.75) is 18.7 Å². The second-order valence-electron chi connectivity index (χ2n) is 4.91. The molecule has 0 spiro atoms. The summed E-state index contributed by atoms with van der Waals surface area (Å²) in [4.78, 5) is 0. The summed E-state index contributed by atoms with van der Waals surface area (Å²) in [6.07, 6.45) is 0. The van der Waals surface area contributed by atoms with Gasteiger partial charge in [-0.2, -0.15) is 4.31 Å². The lowest BCUT2D eigenvalue weighted by atomic mass is 10.2. The zero-order chi connectivity index (χ0) is 15.9. The Labute approximate surface area is 126 Å². The highest BCUT2D eigenvalue weighted by Crippen LogP contribution is 2.15. The van der Waals surface area contributed by atoms with Crippen LogP contribution in [0.2, 0.25) is 0 Å². The van der Waals surface area contributed by atoms with Gasteiger partial charge in [-0.15, -0.1) is 0 Å². The Bertz CT molecular complexity index is 516. The van der Waals surface area contributed by atoms with Crippen molar-refractivity contribution in [2.75, 3.05) is 39.7 Å². The second-order valence-corrected chi connectivity index (χ2v) is 6.83. The molecule has 120 valence electrons. The molecule has 0 fully saturated rings. The van der Waals surface area contributed by atoms with E-state index in [1.165, 1.54) is 4.31 Å². The van der Waals surface area contributed by atoms with Gasteiger partial charge >= 0.3 is 0 Å². The predicted octanol–water partition coefficient (Wildman–Crippen LogP) is 1.08.